The number of aromatic amines is 1. The number of hydrogen-bond acceptors (Lipinski definition) is 6. The van der Waals surface area contributed by atoms with Crippen molar-refractivity contribution >= 4 is 21.2 Å². The molecule has 33 heavy (non-hydrogen) atoms. The van der Waals surface area contributed by atoms with Gasteiger partial charge in [-0.25, -0.2) is 9.37 Å². The molecule has 0 spiro atoms. The molecule has 3 heterocycles. The van der Waals surface area contributed by atoms with Gasteiger partial charge in [-0.05, 0) is 48.7 Å². The van der Waals surface area contributed by atoms with Crippen molar-refractivity contribution in [2.45, 2.75) is 24.9 Å². The van der Waals surface area contributed by atoms with Gasteiger partial charge in [0.05, 0.1) is 19.8 Å². The summed E-state index contributed by atoms with van der Waals surface area (Å²) in [6.07, 6.45) is 1.73. The standard InChI is InChI=1S/C22H27FN4O5S/c1-32-21-3-2-15(23)10-18(21)17-4-7-24-22-19(17)11-20(26-22)14-5-8-27(9-6-14)33(30,31)25-12-16(29)13-28/h2-4,7,10-11,14,16,25,28-29H,5-6,8-9,12-13H2,1H3,(H,24,26)/t16-/m0/s1. The van der Waals surface area contributed by atoms with Crippen LogP contribution in [0.4, 0.5) is 4.39 Å². The van der Waals surface area contributed by atoms with Gasteiger partial charge >= 0.3 is 0 Å². The van der Waals surface area contributed by atoms with E-state index in [-0.39, 0.29) is 18.3 Å². The average Bonchev–Trinajstić information content (AvgIpc) is 3.27. The molecule has 4 rings (SSSR count). The van der Waals surface area contributed by atoms with E-state index in [9.17, 15) is 17.9 Å². The molecular weight excluding hydrogens is 451 g/mol. The number of benzene rings is 1. The summed E-state index contributed by atoms with van der Waals surface area (Å²) in [7, 11) is -2.19. The second kappa shape index (κ2) is 9.74. The van der Waals surface area contributed by atoms with Gasteiger partial charge in [0.1, 0.15) is 17.2 Å². The lowest BCUT2D eigenvalue weighted by Gasteiger charge is -2.31. The van der Waals surface area contributed by atoms with Gasteiger partial charge in [-0.15, -0.1) is 0 Å². The van der Waals surface area contributed by atoms with Crippen LogP contribution < -0.4 is 9.46 Å². The number of aliphatic hydroxyl groups is 2. The largest absolute Gasteiger partial charge is 0.496 e. The fourth-order valence-electron chi connectivity index (χ4n) is 4.16. The molecule has 0 amide bonds. The molecular formula is C22H27FN4O5S. The molecule has 1 aromatic carbocycles. The van der Waals surface area contributed by atoms with Crippen molar-refractivity contribution in [3.63, 3.8) is 0 Å². The number of aliphatic hydroxyl groups excluding tert-OH is 2. The first-order valence-electron chi connectivity index (χ1n) is 10.7. The molecule has 0 unspecified atom stereocenters. The summed E-state index contributed by atoms with van der Waals surface area (Å²) in [5, 5.41) is 19.1. The third kappa shape index (κ3) is 5.02. The van der Waals surface area contributed by atoms with Crippen molar-refractivity contribution in [3.05, 3.63) is 48.0 Å². The number of rotatable bonds is 8. The van der Waals surface area contributed by atoms with E-state index in [0.29, 0.717) is 42.9 Å². The highest BCUT2D eigenvalue weighted by Crippen LogP contribution is 2.37. The van der Waals surface area contributed by atoms with Crippen molar-refractivity contribution < 1.29 is 27.8 Å². The summed E-state index contributed by atoms with van der Waals surface area (Å²) in [5.41, 5.74) is 3.04. The predicted molar refractivity (Wildman–Crippen MR) is 122 cm³/mol. The van der Waals surface area contributed by atoms with Crippen LogP contribution >= 0.6 is 0 Å². The summed E-state index contributed by atoms with van der Waals surface area (Å²) in [6, 6.07) is 8.19. The van der Waals surface area contributed by atoms with Crippen molar-refractivity contribution in [1.82, 2.24) is 19.0 Å². The Morgan fingerprint density at radius 2 is 2.03 bits per heavy atom. The summed E-state index contributed by atoms with van der Waals surface area (Å²) >= 11 is 0. The smallest absolute Gasteiger partial charge is 0.279 e. The molecule has 3 aromatic rings. The number of fused-ring (bicyclic) bond motifs is 1. The maximum absolute atomic E-state index is 14.0. The number of pyridine rings is 1. The zero-order valence-corrected chi connectivity index (χ0v) is 19.0. The van der Waals surface area contributed by atoms with Gasteiger partial charge in [0.25, 0.3) is 10.2 Å². The minimum Gasteiger partial charge on any atom is -0.496 e. The summed E-state index contributed by atoms with van der Waals surface area (Å²) in [4.78, 5) is 7.75. The molecule has 1 saturated heterocycles. The number of aromatic nitrogens is 2. The second-order valence-electron chi connectivity index (χ2n) is 8.05. The molecule has 2 aromatic heterocycles. The first kappa shape index (κ1) is 23.6. The van der Waals surface area contributed by atoms with Crippen LogP contribution in [0.2, 0.25) is 0 Å². The van der Waals surface area contributed by atoms with E-state index in [2.05, 4.69) is 14.7 Å². The molecule has 0 aliphatic carbocycles. The van der Waals surface area contributed by atoms with Crippen LogP contribution in [-0.4, -0.2) is 72.4 Å². The van der Waals surface area contributed by atoms with Gasteiger partial charge in [-0.1, -0.05) is 0 Å². The van der Waals surface area contributed by atoms with Crippen LogP contribution in [-0.2, 0) is 10.2 Å². The average molecular weight is 479 g/mol. The monoisotopic (exact) mass is 478 g/mol. The predicted octanol–water partition coefficient (Wildman–Crippen LogP) is 1.74. The first-order valence-corrected chi connectivity index (χ1v) is 12.1. The van der Waals surface area contributed by atoms with Crippen LogP contribution in [0.1, 0.15) is 24.5 Å². The number of methoxy groups -OCH3 is 1. The SMILES string of the molecule is COc1ccc(F)cc1-c1ccnc2[nH]c(C3CCN(S(=O)(=O)NC[C@H](O)CO)CC3)cc12. The third-order valence-corrected chi connectivity index (χ3v) is 7.53. The number of piperidine rings is 1. The van der Waals surface area contributed by atoms with Gasteiger partial charge in [-0.3, -0.25) is 0 Å². The molecule has 1 atom stereocenters. The second-order valence-corrected chi connectivity index (χ2v) is 9.81. The summed E-state index contributed by atoms with van der Waals surface area (Å²) in [6.45, 7) is -0.105. The Bertz CT molecular complexity index is 1220. The topological polar surface area (TPSA) is 128 Å². The number of ether oxygens (including phenoxy) is 1. The van der Waals surface area contributed by atoms with E-state index in [1.807, 2.05) is 12.1 Å². The highest BCUT2D eigenvalue weighted by atomic mass is 32.2. The van der Waals surface area contributed by atoms with E-state index >= 15 is 0 Å². The van der Waals surface area contributed by atoms with E-state index in [4.69, 9.17) is 9.84 Å². The number of nitrogens with one attached hydrogen (secondary N) is 2. The fraction of sp³-hybridized carbons (Fsp3) is 0.409. The number of halogens is 1. The molecule has 1 aliphatic heterocycles. The van der Waals surface area contributed by atoms with Gasteiger partial charge in [-0.2, -0.15) is 17.4 Å². The van der Waals surface area contributed by atoms with E-state index in [1.165, 1.54) is 16.4 Å². The Morgan fingerprint density at radius 1 is 1.27 bits per heavy atom. The normalized spacial score (nSPS) is 16.8. The lowest BCUT2D eigenvalue weighted by atomic mass is 9.94. The molecule has 178 valence electrons. The highest BCUT2D eigenvalue weighted by molar-refractivity contribution is 7.87. The minimum absolute atomic E-state index is 0.107. The summed E-state index contributed by atoms with van der Waals surface area (Å²) in [5.74, 6) is 0.306. The molecule has 1 fully saturated rings. The molecule has 11 heteroatoms. The zero-order valence-electron chi connectivity index (χ0n) is 18.2. The van der Waals surface area contributed by atoms with Gasteiger partial charge in [0, 0.05) is 48.4 Å². The van der Waals surface area contributed by atoms with Crippen molar-refractivity contribution in [2.75, 3.05) is 33.4 Å². The first-order chi connectivity index (χ1) is 15.8. The van der Waals surface area contributed by atoms with Crippen LogP contribution in [0, 0.1) is 5.82 Å². The molecule has 0 radical (unpaired) electrons. The van der Waals surface area contributed by atoms with E-state index in [1.54, 1.807) is 19.4 Å². The highest BCUT2D eigenvalue weighted by Gasteiger charge is 2.30. The van der Waals surface area contributed by atoms with Crippen LogP contribution in [0.15, 0.2) is 36.5 Å². The van der Waals surface area contributed by atoms with Gasteiger partial charge < -0.3 is 19.9 Å². The Kier molecular flexibility index (Phi) is 6.96. The molecule has 4 N–H and O–H groups in total. The Morgan fingerprint density at radius 3 is 2.73 bits per heavy atom. The Hall–Kier alpha value is -2.57. The maximum Gasteiger partial charge on any atom is 0.279 e. The Balaban J connectivity index is 1.53. The molecule has 9 nitrogen and oxygen atoms in total. The Labute approximate surface area is 191 Å². The number of nitrogens with zero attached hydrogens (tertiary/aromatic N) is 2. The molecule has 1 aliphatic rings. The lowest BCUT2D eigenvalue weighted by Crippen LogP contribution is -2.47. The van der Waals surface area contributed by atoms with E-state index < -0.39 is 22.9 Å². The van der Waals surface area contributed by atoms with Crippen molar-refractivity contribution in [2.24, 2.45) is 0 Å². The molecule has 0 bridgehead atoms. The quantitative estimate of drug-likeness (QED) is 0.391. The van der Waals surface area contributed by atoms with Gasteiger partial charge in [0.15, 0.2) is 0 Å². The number of hydrogen-bond donors (Lipinski definition) is 4. The molecule has 0 saturated carbocycles. The van der Waals surface area contributed by atoms with Crippen LogP contribution in [0.25, 0.3) is 22.2 Å². The number of H-pyrrole nitrogens is 1. The van der Waals surface area contributed by atoms with E-state index in [0.717, 1.165) is 16.6 Å². The third-order valence-electron chi connectivity index (χ3n) is 5.95. The van der Waals surface area contributed by atoms with Crippen LogP contribution in [0.5, 0.6) is 5.75 Å². The van der Waals surface area contributed by atoms with Gasteiger partial charge in [0.2, 0.25) is 0 Å². The lowest BCUT2D eigenvalue weighted by molar-refractivity contribution is 0.0983. The van der Waals surface area contributed by atoms with Crippen molar-refractivity contribution in [1.29, 1.82) is 0 Å². The zero-order chi connectivity index (χ0) is 23.6. The summed E-state index contributed by atoms with van der Waals surface area (Å²) < 4.78 is 47.9. The maximum atomic E-state index is 14.0. The minimum atomic E-state index is -3.73. The van der Waals surface area contributed by atoms with Crippen molar-refractivity contribution in [3.8, 4) is 16.9 Å². The fourth-order valence-corrected chi connectivity index (χ4v) is 5.43. The van der Waals surface area contributed by atoms with Crippen LogP contribution in [0.3, 0.4) is 0 Å².